The van der Waals surface area contributed by atoms with Gasteiger partial charge in [0.2, 0.25) is 5.91 Å². The molecule has 1 aromatic rings. The van der Waals surface area contributed by atoms with E-state index in [9.17, 15) is 4.79 Å². The molecule has 1 aromatic heterocycles. The van der Waals surface area contributed by atoms with E-state index in [0.29, 0.717) is 6.54 Å². The average molecular weight is 225 g/mol. The smallest absolute Gasteiger partial charge is 0.242 e. The van der Waals surface area contributed by atoms with Crippen molar-refractivity contribution in [3.8, 4) is 0 Å². The van der Waals surface area contributed by atoms with E-state index in [0.717, 1.165) is 17.0 Å². The first-order valence-corrected chi connectivity index (χ1v) is 5.19. The molecule has 0 radical (unpaired) electrons. The summed E-state index contributed by atoms with van der Waals surface area (Å²) in [5.74, 6) is 0.638. The van der Waals surface area contributed by atoms with Gasteiger partial charge < -0.3 is 15.2 Å². The van der Waals surface area contributed by atoms with Crippen LogP contribution in [0.5, 0.6) is 0 Å². The molecular weight excluding hydrogens is 206 g/mol. The Bertz CT molecular complexity index is 371. The minimum absolute atomic E-state index is 0.104. The van der Waals surface area contributed by atoms with Gasteiger partial charge in [0.05, 0.1) is 17.8 Å². The molecule has 2 N–H and O–H groups in total. The fourth-order valence-corrected chi connectivity index (χ4v) is 1.53. The van der Waals surface area contributed by atoms with E-state index in [1.165, 1.54) is 0 Å². The highest BCUT2D eigenvalue weighted by molar-refractivity contribution is 5.84. The standard InChI is InChI=1S/C11H19N3O2/c1-7-9(8(2)16-13-7)6-14(5)10(15)11(3,4)12/h6,12H2,1-5H3. The first kappa shape index (κ1) is 12.7. The molecule has 1 heterocycles. The van der Waals surface area contributed by atoms with Crippen LogP contribution in [0.4, 0.5) is 0 Å². The van der Waals surface area contributed by atoms with E-state index < -0.39 is 5.54 Å². The van der Waals surface area contributed by atoms with Crippen LogP contribution < -0.4 is 5.73 Å². The van der Waals surface area contributed by atoms with Crippen molar-refractivity contribution in [2.75, 3.05) is 7.05 Å². The number of likely N-dealkylation sites (N-methyl/N-ethyl adjacent to an activating group) is 1. The third-order valence-corrected chi connectivity index (χ3v) is 2.47. The van der Waals surface area contributed by atoms with E-state index in [-0.39, 0.29) is 5.91 Å². The molecule has 0 unspecified atom stereocenters. The molecule has 0 saturated carbocycles. The summed E-state index contributed by atoms with van der Waals surface area (Å²) in [4.78, 5) is 13.5. The van der Waals surface area contributed by atoms with Crippen LogP contribution in [0.15, 0.2) is 4.52 Å². The lowest BCUT2D eigenvalue weighted by Crippen LogP contribution is -2.49. The predicted molar refractivity (Wildman–Crippen MR) is 60.7 cm³/mol. The number of aromatic nitrogens is 1. The van der Waals surface area contributed by atoms with Gasteiger partial charge in [-0.1, -0.05) is 5.16 Å². The van der Waals surface area contributed by atoms with Gasteiger partial charge in [-0.05, 0) is 27.7 Å². The van der Waals surface area contributed by atoms with Crippen molar-refractivity contribution in [1.82, 2.24) is 10.1 Å². The predicted octanol–water partition coefficient (Wildman–Crippen LogP) is 0.987. The first-order valence-electron chi connectivity index (χ1n) is 5.19. The second-order valence-electron chi connectivity index (χ2n) is 4.69. The molecule has 0 fully saturated rings. The zero-order valence-electron chi connectivity index (χ0n) is 10.5. The van der Waals surface area contributed by atoms with Gasteiger partial charge in [0, 0.05) is 12.6 Å². The largest absolute Gasteiger partial charge is 0.361 e. The van der Waals surface area contributed by atoms with E-state index in [1.807, 2.05) is 13.8 Å². The molecule has 0 aliphatic heterocycles. The van der Waals surface area contributed by atoms with Crippen molar-refractivity contribution < 1.29 is 9.32 Å². The molecule has 1 rings (SSSR count). The van der Waals surface area contributed by atoms with Gasteiger partial charge in [0.1, 0.15) is 5.76 Å². The van der Waals surface area contributed by atoms with Crippen molar-refractivity contribution in [1.29, 1.82) is 0 Å². The van der Waals surface area contributed by atoms with Gasteiger partial charge in [0.15, 0.2) is 0 Å². The number of nitrogens with two attached hydrogens (primary N) is 1. The van der Waals surface area contributed by atoms with Crippen molar-refractivity contribution >= 4 is 5.91 Å². The van der Waals surface area contributed by atoms with Gasteiger partial charge >= 0.3 is 0 Å². The van der Waals surface area contributed by atoms with Gasteiger partial charge in [0.25, 0.3) is 0 Å². The Kier molecular flexibility index (Phi) is 3.38. The summed E-state index contributed by atoms with van der Waals surface area (Å²) in [5.41, 5.74) is 6.66. The SMILES string of the molecule is Cc1noc(C)c1CN(C)C(=O)C(C)(C)N. The maximum absolute atomic E-state index is 11.9. The lowest BCUT2D eigenvalue weighted by atomic mass is 10.1. The zero-order chi connectivity index (χ0) is 12.5. The summed E-state index contributed by atoms with van der Waals surface area (Å²) in [6.07, 6.45) is 0. The highest BCUT2D eigenvalue weighted by Gasteiger charge is 2.26. The molecule has 5 heteroatoms. The van der Waals surface area contributed by atoms with E-state index in [4.69, 9.17) is 10.3 Å². The van der Waals surface area contributed by atoms with Crippen LogP contribution in [0.2, 0.25) is 0 Å². The first-order chi connectivity index (χ1) is 7.23. The summed E-state index contributed by atoms with van der Waals surface area (Å²) in [6.45, 7) is 7.55. The van der Waals surface area contributed by atoms with Crippen LogP contribution in [0.1, 0.15) is 30.9 Å². The maximum atomic E-state index is 11.9. The lowest BCUT2D eigenvalue weighted by Gasteiger charge is -2.25. The Labute approximate surface area is 95.6 Å². The minimum Gasteiger partial charge on any atom is -0.361 e. The van der Waals surface area contributed by atoms with Crippen LogP contribution in [0.3, 0.4) is 0 Å². The van der Waals surface area contributed by atoms with Crippen LogP contribution >= 0.6 is 0 Å². The molecule has 16 heavy (non-hydrogen) atoms. The van der Waals surface area contributed by atoms with Crippen molar-refractivity contribution in [2.45, 2.75) is 39.8 Å². The molecule has 0 aliphatic carbocycles. The number of amides is 1. The molecular formula is C11H19N3O2. The summed E-state index contributed by atoms with van der Waals surface area (Å²) < 4.78 is 5.04. The quantitative estimate of drug-likeness (QED) is 0.832. The summed E-state index contributed by atoms with van der Waals surface area (Å²) in [5, 5.41) is 3.85. The Morgan fingerprint density at radius 3 is 2.44 bits per heavy atom. The number of carbonyl (C=O) groups excluding carboxylic acids is 1. The van der Waals surface area contributed by atoms with Crippen LogP contribution in [-0.2, 0) is 11.3 Å². The van der Waals surface area contributed by atoms with E-state index in [2.05, 4.69) is 5.16 Å². The molecule has 0 bridgehead atoms. The molecule has 0 atom stereocenters. The fraction of sp³-hybridized carbons (Fsp3) is 0.636. The Morgan fingerprint density at radius 1 is 1.50 bits per heavy atom. The second kappa shape index (κ2) is 4.25. The molecule has 0 spiro atoms. The molecule has 0 aromatic carbocycles. The molecule has 5 nitrogen and oxygen atoms in total. The average Bonchev–Trinajstić information content (AvgIpc) is 2.46. The summed E-state index contributed by atoms with van der Waals surface area (Å²) >= 11 is 0. The fourth-order valence-electron chi connectivity index (χ4n) is 1.53. The molecule has 0 saturated heterocycles. The number of carbonyl (C=O) groups is 1. The maximum Gasteiger partial charge on any atom is 0.242 e. The number of nitrogens with zero attached hydrogens (tertiary/aromatic N) is 2. The van der Waals surface area contributed by atoms with E-state index in [1.54, 1.807) is 25.8 Å². The van der Waals surface area contributed by atoms with Crippen molar-refractivity contribution in [3.63, 3.8) is 0 Å². The van der Waals surface area contributed by atoms with Crippen molar-refractivity contribution in [2.24, 2.45) is 5.73 Å². The third kappa shape index (κ3) is 2.61. The topological polar surface area (TPSA) is 72.4 Å². The number of hydrogen-bond donors (Lipinski definition) is 1. The third-order valence-electron chi connectivity index (χ3n) is 2.47. The Morgan fingerprint density at radius 2 is 2.06 bits per heavy atom. The van der Waals surface area contributed by atoms with Gasteiger partial charge in [-0.25, -0.2) is 0 Å². The Balaban J connectivity index is 2.80. The number of aryl methyl sites for hydroxylation is 2. The lowest BCUT2D eigenvalue weighted by molar-refractivity contribution is -0.135. The van der Waals surface area contributed by atoms with Crippen LogP contribution in [-0.4, -0.2) is 28.6 Å². The zero-order valence-corrected chi connectivity index (χ0v) is 10.5. The summed E-state index contributed by atoms with van der Waals surface area (Å²) in [6, 6.07) is 0. The van der Waals surface area contributed by atoms with Crippen LogP contribution in [0, 0.1) is 13.8 Å². The van der Waals surface area contributed by atoms with E-state index >= 15 is 0 Å². The second-order valence-corrected chi connectivity index (χ2v) is 4.69. The summed E-state index contributed by atoms with van der Waals surface area (Å²) in [7, 11) is 1.73. The van der Waals surface area contributed by atoms with Gasteiger partial charge in [-0.15, -0.1) is 0 Å². The number of rotatable bonds is 3. The normalized spacial score (nSPS) is 11.6. The van der Waals surface area contributed by atoms with Crippen LogP contribution in [0.25, 0.3) is 0 Å². The molecule has 1 amide bonds. The highest BCUT2D eigenvalue weighted by Crippen LogP contribution is 2.15. The van der Waals surface area contributed by atoms with Gasteiger partial charge in [-0.2, -0.15) is 0 Å². The minimum atomic E-state index is -0.853. The molecule has 90 valence electrons. The highest BCUT2D eigenvalue weighted by atomic mass is 16.5. The monoisotopic (exact) mass is 225 g/mol. The molecule has 0 aliphatic rings. The van der Waals surface area contributed by atoms with Gasteiger partial charge in [-0.3, -0.25) is 4.79 Å². The Hall–Kier alpha value is -1.36. The van der Waals surface area contributed by atoms with Crippen molar-refractivity contribution in [3.05, 3.63) is 17.0 Å². The number of hydrogen-bond acceptors (Lipinski definition) is 4.